The number of alkyl halides is 1. The number of rotatable bonds is 4. The second-order valence-corrected chi connectivity index (χ2v) is 3.19. The average Bonchev–Trinajstić information content (AvgIpc) is 2.14. The molecule has 0 saturated carbocycles. The molecule has 1 aromatic rings. The van der Waals surface area contributed by atoms with Crippen LogP contribution in [0.5, 0.6) is 5.75 Å². The molecule has 0 fully saturated rings. The highest BCUT2D eigenvalue weighted by molar-refractivity contribution is 6.32. The van der Waals surface area contributed by atoms with Crippen LogP contribution in [0.2, 0.25) is 5.02 Å². The van der Waals surface area contributed by atoms with E-state index in [-0.39, 0.29) is 10.7 Å². The van der Waals surface area contributed by atoms with E-state index in [1.165, 1.54) is 18.2 Å². The lowest BCUT2D eigenvalue weighted by Crippen LogP contribution is -1.98. The van der Waals surface area contributed by atoms with Crippen LogP contribution in [-0.2, 0) is 0 Å². The van der Waals surface area contributed by atoms with E-state index < -0.39 is 4.92 Å². The SMILES string of the molecule is O=[N+]([O-])c1ccc(OCCCl)cc1Cl. The summed E-state index contributed by atoms with van der Waals surface area (Å²) in [5, 5.41) is 10.5. The lowest BCUT2D eigenvalue weighted by Gasteiger charge is -2.03. The van der Waals surface area contributed by atoms with Crippen LogP contribution in [0, 0.1) is 10.1 Å². The Hall–Kier alpha value is -1.00. The number of halogens is 2. The van der Waals surface area contributed by atoms with E-state index in [4.69, 9.17) is 27.9 Å². The third kappa shape index (κ3) is 2.75. The number of nitro benzene ring substituents is 1. The highest BCUT2D eigenvalue weighted by Crippen LogP contribution is 2.28. The van der Waals surface area contributed by atoms with Gasteiger partial charge in [0, 0.05) is 12.1 Å². The molecule has 0 amide bonds. The number of nitro groups is 1. The van der Waals surface area contributed by atoms with E-state index in [0.29, 0.717) is 18.2 Å². The maximum absolute atomic E-state index is 10.4. The van der Waals surface area contributed by atoms with Gasteiger partial charge in [-0.2, -0.15) is 0 Å². The van der Waals surface area contributed by atoms with Crippen molar-refractivity contribution in [1.82, 2.24) is 0 Å². The van der Waals surface area contributed by atoms with Crippen molar-refractivity contribution < 1.29 is 9.66 Å². The molecular formula is C8H7Cl2NO3. The van der Waals surface area contributed by atoms with Gasteiger partial charge in [-0.25, -0.2) is 0 Å². The first-order valence-electron chi connectivity index (χ1n) is 3.78. The van der Waals surface area contributed by atoms with Crippen LogP contribution in [-0.4, -0.2) is 17.4 Å². The monoisotopic (exact) mass is 235 g/mol. The normalized spacial score (nSPS) is 9.86. The fourth-order valence-electron chi connectivity index (χ4n) is 0.882. The molecule has 76 valence electrons. The highest BCUT2D eigenvalue weighted by atomic mass is 35.5. The third-order valence-corrected chi connectivity index (χ3v) is 1.92. The van der Waals surface area contributed by atoms with Crippen molar-refractivity contribution in [3.05, 3.63) is 33.3 Å². The summed E-state index contributed by atoms with van der Waals surface area (Å²) in [7, 11) is 0. The Morgan fingerprint density at radius 2 is 2.21 bits per heavy atom. The molecule has 1 aromatic carbocycles. The lowest BCUT2D eigenvalue weighted by molar-refractivity contribution is -0.384. The minimum absolute atomic E-state index is 0.0575. The zero-order chi connectivity index (χ0) is 10.6. The van der Waals surface area contributed by atoms with Crippen LogP contribution in [0.25, 0.3) is 0 Å². The molecule has 0 N–H and O–H groups in total. The summed E-state index contributed by atoms with van der Waals surface area (Å²) in [5.74, 6) is 0.829. The summed E-state index contributed by atoms with van der Waals surface area (Å²) in [6.07, 6.45) is 0. The number of nitrogens with zero attached hydrogens (tertiary/aromatic N) is 1. The smallest absolute Gasteiger partial charge is 0.288 e. The van der Waals surface area contributed by atoms with E-state index in [0.717, 1.165) is 0 Å². The second kappa shape index (κ2) is 5.02. The number of hydrogen-bond acceptors (Lipinski definition) is 3. The van der Waals surface area contributed by atoms with Crippen molar-refractivity contribution in [2.75, 3.05) is 12.5 Å². The quantitative estimate of drug-likeness (QED) is 0.458. The zero-order valence-electron chi connectivity index (χ0n) is 7.07. The fraction of sp³-hybridized carbons (Fsp3) is 0.250. The highest BCUT2D eigenvalue weighted by Gasteiger charge is 2.12. The average molecular weight is 236 g/mol. The zero-order valence-corrected chi connectivity index (χ0v) is 8.59. The first-order chi connectivity index (χ1) is 6.65. The predicted molar refractivity (Wildman–Crippen MR) is 54.3 cm³/mol. The van der Waals surface area contributed by atoms with E-state index in [2.05, 4.69) is 0 Å². The molecule has 1 rings (SSSR count). The fourth-order valence-corrected chi connectivity index (χ4v) is 1.20. The molecule has 0 aliphatic heterocycles. The molecule has 0 atom stereocenters. The van der Waals surface area contributed by atoms with Crippen LogP contribution in [0.3, 0.4) is 0 Å². The van der Waals surface area contributed by atoms with Gasteiger partial charge < -0.3 is 4.74 Å². The molecule has 0 radical (unpaired) electrons. The number of ether oxygens (including phenoxy) is 1. The van der Waals surface area contributed by atoms with Gasteiger partial charge in [0.25, 0.3) is 5.69 Å². The molecular weight excluding hydrogens is 229 g/mol. The summed E-state index contributed by atoms with van der Waals surface area (Å²) in [5.41, 5.74) is -0.134. The Morgan fingerprint density at radius 3 is 2.71 bits per heavy atom. The molecule has 0 aromatic heterocycles. The molecule has 0 bridgehead atoms. The van der Waals surface area contributed by atoms with Gasteiger partial charge in [-0.15, -0.1) is 11.6 Å². The first-order valence-corrected chi connectivity index (χ1v) is 4.69. The Kier molecular flexibility index (Phi) is 3.98. The summed E-state index contributed by atoms with van der Waals surface area (Å²) in [6.45, 7) is 0.343. The first kappa shape index (κ1) is 11.1. The summed E-state index contributed by atoms with van der Waals surface area (Å²) in [6, 6.07) is 4.18. The van der Waals surface area contributed by atoms with Gasteiger partial charge in [-0.05, 0) is 6.07 Å². The van der Waals surface area contributed by atoms with Crippen molar-refractivity contribution in [3.8, 4) is 5.75 Å². The molecule has 4 nitrogen and oxygen atoms in total. The Bertz CT molecular complexity index is 343. The molecule has 0 aliphatic rings. The van der Waals surface area contributed by atoms with Crippen molar-refractivity contribution in [2.45, 2.75) is 0 Å². The van der Waals surface area contributed by atoms with E-state index in [9.17, 15) is 10.1 Å². The third-order valence-electron chi connectivity index (χ3n) is 1.46. The van der Waals surface area contributed by atoms with Gasteiger partial charge in [0.05, 0.1) is 10.8 Å². The second-order valence-electron chi connectivity index (χ2n) is 2.41. The topological polar surface area (TPSA) is 52.4 Å². The van der Waals surface area contributed by atoms with Gasteiger partial charge in [-0.1, -0.05) is 11.6 Å². The summed E-state index contributed by atoms with van der Waals surface area (Å²) >= 11 is 11.1. The van der Waals surface area contributed by atoms with Gasteiger partial charge in [-0.3, -0.25) is 10.1 Å². The minimum Gasteiger partial charge on any atom is -0.492 e. The van der Waals surface area contributed by atoms with Gasteiger partial charge in [0.1, 0.15) is 17.4 Å². The van der Waals surface area contributed by atoms with Crippen LogP contribution in [0.1, 0.15) is 0 Å². The van der Waals surface area contributed by atoms with Gasteiger partial charge in [0.2, 0.25) is 0 Å². The van der Waals surface area contributed by atoms with Crippen LogP contribution < -0.4 is 4.74 Å². The number of hydrogen-bond donors (Lipinski definition) is 0. The maximum Gasteiger partial charge on any atom is 0.288 e. The number of benzene rings is 1. The lowest BCUT2D eigenvalue weighted by atomic mass is 10.3. The van der Waals surface area contributed by atoms with E-state index in [1.807, 2.05) is 0 Å². The maximum atomic E-state index is 10.4. The largest absolute Gasteiger partial charge is 0.492 e. The van der Waals surface area contributed by atoms with Gasteiger partial charge in [0.15, 0.2) is 0 Å². The van der Waals surface area contributed by atoms with E-state index >= 15 is 0 Å². The molecule has 6 heteroatoms. The molecule has 0 heterocycles. The molecule has 0 saturated heterocycles. The van der Waals surface area contributed by atoms with Crippen molar-refractivity contribution in [2.24, 2.45) is 0 Å². The molecule has 0 aliphatic carbocycles. The Labute approximate surface area is 90.5 Å². The van der Waals surface area contributed by atoms with E-state index in [1.54, 1.807) is 0 Å². The standard InChI is InChI=1S/C8H7Cl2NO3/c9-3-4-14-6-1-2-8(11(12)13)7(10)5-6/h1-2,5H,3-4H2. The Morgan fingerprint density at radius 1 is 1.50 bits per heavy atom. The molecule has 0 unspecified atom stereocenters. The van der Waals surface area contributed by atoms with Crippen molar-refractivity contribution in [1.29, 1.82) is 0 Å². The van der Waals surface area contributed by atoms with Crippen LogP contribution in [0.15, 0.2) is 18.2 Å². The predicted octanol–water partition coefficient (Wildman–Crippen LogP) is 2.87. The molecule has 14 heavy (non-hydrogen) atoms. The van der Waals surface area contributed by atoms with Crippen LogP contribution in [0.4, 0.5) is 5.69 Å². The Balaban J connectivity index is 2.83. The van der Waals surface area contributed by atoms with Crippen molar-refractivity contribution >= 4 is 28.9 Å². The van der Waals surface area contributed by atoms with Gasteiger partial charge >= 0.3 is 0 Å². The van der Waals surface area contributed by atoms with Crippen molar-refractivity contribution in [3.63, 3.8) is 0 Å². The summed E-state index contributed by atoms with van der Waals surface area (Å²) in [4.78, 5) is 9.86. The minimum atomic E-state index is -0.548. The summed E-state index contributed by atoms with van der Waals surface area (Å²) < 4.78 is 5.13. The molecule has 0 spiro atoms. The van der Waals surface area contributed by atoms with Crippen LogP contribution >= 0.6 is 23.2 Å².